The van der Waals surface area contributed by atoms with Crippen LogP contribution in [0.1, 0.15) is 39.0 Å². The predicted molar refractivity (Wildman–Crippen MR) is 67.7 cm³/mol. The summed E-state index contributed by atoms with van der Waals surface area (Å²) in [4.78, 5) is 7.13. The molecule has 2 atom stereocenters. The highest BCUT2D eigenvalue weighted by Gasteiger charge is 2.33. The van der Waals surface area contributed by atoms with Crippen LogP contribution in [0.5, 0.6) is 0 Å². The zero-order valence-electron chi connectivity index (χ0n) is 9.97. The third-order valence-electron chi connectivity index (χ3n) is 4.05. The number of nitrogens with zero attached hydrogens (tertiary/aromatic N) is 2. The van der Waals surface area contributed by atoms with E-state index in [1.165, 1.54) is 37.7 Å². The Balaban J connectivity index is 1.77. The van der Waals surface area contributed by atoms with E-state index in [1.54, 1.807) is 0 Å². The van der Waals surface area contributed by atoms with E-state index in [4.69, 9.17) is 0 Å². The molecule has 0 saturated heterocycles. The molecule has 0 N–H and O–H groups in total. The summed E-state index contributed by atoms with van der Waals surface area (Å²) in [6, 6.07) is 1.63. The number of hydrogen-bond acceptors (Lipinski definition) is 2. The zero-order valence-corrected chi connectivity index (χ0v) is 9.97. The van der Waals surface area contributed by atoms with Crippen LogP contribution in [0.3, 0.4) is 0 Å². The van der Waals surface area contributed by atoms with Crippen molar-refractivity contribution in [1.29, 1.82) is 0 Å². The van der Waals surface area contributed by atoms with Crippen LogP contribution in [0.15, 0.2) is 28.8 Å². The first-order valence-electron chi connectivity index (χ1n) is 6.52. The van der Waals surface area contributed by atoms with E-state index in [0.29, 0.717) is 12.1 Å². The zero-order chi connectivity index (χ0) is 11.0. The summed E-state index contributed by atoms with van der Waals surface area (Å²) in [5.41, 5.74) is 1.38. The van der Waals surface area contributed by atoms with Crippen LogP contribution in [-0.4, -0.2) is 29.4 Å². The number of fused-ring (bicyclic) bond motifs is 1. The second-order valence-corrected chi connectivity index (χ2v) is 5.25. The van der Waals surface area contributed by atoms with Crippen molar-refractivity contribution in [3.8, 4) is 0 Å². The first kappa shape index (κ1) is 10.1. The quantitative estimate of drug-likeness (QED) is 0.658. The van der Waals surface area contributed by atoms with Crippen LogP contribution in [-0.2, 0) is 0 Å². The highest BCUT2D eigenvalue weighted by atomic mass is 15.3. The molecule has 3 aliphatic rings. The highest BCUT2D eigenvalue weighted by molar-refractivity contribution is 5.62. The lowest BCUT2D eigenvalue weighted by atomic mass is 9.91. The Hall–Kier alpha value is -1.05. The van der Waals surface area contributed by atoms with Gasteiger partial charge in [-0.05, 0) is 19.8 Å². The summed E-state index contributed by atoms with van der Waals surface area (Å²) in [7, 11) is 0. The van der Waals surface area contributed by atoms with Gasteiger partial charge in [0, 0.05) is 6.04 Å². The van der Waals surface area contributed by atoms with E-state index in [0.717, 1.165) is 6.04 Å². The van der Waals surface area contributed by atoms with Gasteiger partial charge >= 0.3 is 0 Å². The second-order valence-electron chi connectivity index (χ2n) is 5.25. The van der Waals surface area contributed by atoms with Gasteiger partial charge in [0.05, 0.1) is 18.4 Å². The maximum atomic E-state index is 4.62. The largest absolute Gasteiger partial charge is 0.351 e. The average Bonchev–Trinajstić information content (AvgIpc) is 2.73. The van der Waals surface area contributed by atoms with Crippen molar-refractivity contribution in [3.05, 3.63) is 23.8 Å². The number of allylic oxidation sites excluding steroid dienone is 2. The molecule has 1 fully saturated rings. The highest BCUT2D eigenvalue weighted by Crippen LogP contribution is 2.30. The van der Waals surface area contributed by atoms with Crippen LogP contribution in [0.25, 0.3) is 0 Å². The lowest BCUT2D eigenvalue weighted by Crippen LogP contribution is -2.43. The maximum absolute atomic E-state index is 4.62. The van der Waals surface area contributed by atoms with Crippen LogP contribution in [0.4, 0.5) is 0 Å². The van der Waals surface area contributed by atoms with Gasteiger partial charge in [-0.3, -0.25) is 4.99 Å². The maximum Gasteiger partial charge on any atom is 0.0940 e. The molecule has 0 radical (unpaired) electrons. The van der Waals surface area contributed by atoms with Crippen molar-refractivity contribution in [2.24, 2.45) is 4.99 Å². The van der Waals surface area contributed by atoms with E-state index in [9.17, 15) is 0 Å². The van der Waals surface area contributed by atoms with Gasteiger partial charge in [0.1, 0.15) is 0 Å². The predicted octanol–water partition coefficient (Wildman–Crippen LogP) is 2.92. The molecule has 2 unspecified atom stereocenters. The Morgan fingerprint density at radius 2 is 2.06 bits per heavy atom. The first-order chi connectivity index (χ1) is 7.84. The molecule has 0 aromatic heterocycles. The van der Waals surface area contributed by atoms with Crippen molar-refractivity contribution in [3.63, 3.8) is 0 Å². The third-order valence-corrected chi connectivity index (χ3v) is 4.05. The fourth-order valence-corrected chi connectivity index (χ4v) is 3.14. The third kappa shape index (κ3) is 1.70. The molecule has 3 rings (SSSR count). The van der Waals surface area contributed by atoms with E-state index in [1.807, 2.05) is 0 Å². The van der Waals surface area contributed by atoms with Gasteiger partial charge in [-0.25, -0.2) is 0 Å². The molecular formula is C14H20N2. The normalized spacial score (nSPS) is 34.1. The van der Waals surface area contributed by atoms with E-state index in [2.05, 4.69) is 41.4 Å². The van der Waals surface area contributed by atoms with Gasteiger partial charge in [-0.15, -0.1) is 0 Å². The van der Waals surface area contributed by atoms with Gasteiger partial charge in [0.25, 0.3) is 0 Å². The summed E-state index contributed by atoms with van der Waals surface area (Å²) in [5.74, 6) is 0. The van der Waals surface area contributed by atoms with E-state index < -0.39 is 0 Å². The standard InChI is InChI=1S/C14H20N2/c1-11-7-8-13-14(9-11)16(10-15-13)12-5-3-2-4-6-12/h7-10,12-14H,2-6H2,1H3. The molecule has 86 valence electrons. The number of rotatable bonds is 1. The topological polar surface area (TPSA) is 15.6 Å². The Morgan fingerprint density at radius 1 is 1.25 bits per heavy atom. The summed E-state index contributed by atoms with van der Waals surface area (Å²) < 4.78 is 0. The Kier molecular flexibility index (Phi) is 2.58. The van der Waals surface area contributed by atoms with Gasteiger partial charge in [0.15, 0.2) is 0 Å². The van der Waals surface area contributed by atoms with Crippen molar-refractivity contribution >= 4 is 6.34 Å². The van der Waals surface area contributed by atoms with Gasteiger partial charge in [-0.2, -0.15) is 0 Å². The Morgan fingerprint density at radius 3 is 2.88 bits per heavy atom. The molecular weight excluding hydrogens is 196 g/mol. The minimum atomic E-state index is 0.380. The fraction of sp³-hybridized carbons (Fsp3) is 0.643. The summed E-state index contributed by atoms with van der Waals surface area (Å²) in [6.07, 6.45) is 15.8. The Labute approximate surface area is 97.7 Å². The summed E-state index contributed by atoms with van der Waals surface area (Å²) in [5, 5.41) is 0. The van der Waals surface area contributed by atoms with Gasteiger partial charge < -0.3 is 4.90 Å². The summed E-state index contributed by atoms with van der Waals surface area (Å²) >= 11 is 0. The lowest BCUT2D eigenvalue weighted by molar-refractivity contribution is 0.226. The molecule has 0 amide bonds. The van der Waals surface area contributed by atoms with Crippen molar-refractivity contribution in [1.82, 2.24) is 4.90 Å². The van der Waals surface area contributed by atoms with E-state index in [-0.39, 0.29) is 0 Å². The monoisotopic (exact) mass is 216 g/mol. The molecule has 0 aromatic carbocycles. The molecule has 1 heterocycles. The molecule has 2 nitrogen and oxygen atoms in total. The van der Waals surface area contributed by atoms with Crippen LogP contribution in [0.2, 0.25) is 0 Å². The summed E-state index contributed by atoms with van der Waals surface area (Å²) in [6.45, 7) is 2.18. The number of hydrogen-bond donors (Lipinski definition) is 0. The second kappa shape index (κ2) is 4.08. The van der Waals surface area contributed by atoms with Crippen molar-refractivity contribution in [2.45, 2.75) is 57.2 Å². The molecule has 1 saturated carbocycles. The minimum absolute atomic E-state index is 0.380. The van der Waals surface area contributed by atoms with Crippen LogP contribution in [0, 0.1) is 0 Å². The van der Waals surface area contributed by atoms with Crippen molar-refractivity contribution in [2.75, 3.05) is 0 Å². The fourth-order valence-electron chi connectivity index (χ4n) is 3.14. The van der Waals surface area contributed by atoms with Gasteiger partial charge in [-0.1, -0.05) is 43.1 Å². The average molecular weight is 216 g/mol. The number of aliphatic imine (C=N–C) groups is 1. The molecule has 1 aliphatic heterocycles. The van der Waals surface area contributed by atoms with Crippen LogP contribution >= 0.6 is 0 Å². The van der Waals surface area contributed by atoms with Crippen LogP contribution < -0.4 is 0 Å². The molecule has 0 aromatic rings. The Bertz CT molecular complexity index is 348. The van der Waals surface area contributed by atoms with Gasteiger partial charge in [0.2, 0.25) is 0 Å². The van der Waals surface area contributed by atoms with E-state index >= 15 is 0 Å². The lowest BCUT2D eigenvalue weighted by Gasteiger charge is -2.36. The molecule has 0 bridgehead atoms. The molecule has 2 aliphatic carbocycles. The molecule has 0 spiro atoms. The first-order valence-corrected chi connectivity index (χ1v) is 6.52. The van der Waals surface area contributed by atoms with Crippen molar-refractivity contribution < 1.29 is 0 Å². The minimum Gasteiger partial charge on any atom is -0.351 e. The smallest absolute Gasteiger partial charge is 0.0940 e. The SMILES string of the molecule is CC1=CC2C(C=C1)N=CN2C1CCCCC1. The molecule has 2 heteroatoms. The molecule has 16 heavy (non-hydrogen) atoms.